The van der Waals surface area contributed by atoms with Crippen LogP contribution in [0.3, 0.4) is 0 Å². The second-order valence-electron chi connectivity index (χ2n) is 7.37. The fourth-order valence-electron chi connectivity index (χ4n) is 3.19. The zero-order valence-corrected chi connectivity index (χ0v) is 20.6. The lowest BCUT2D eigenvalue weighted by Gasteiger charge is -2.09. The number of nitrogens with zero attached hydrogens (tertiary/aromatic N) is 4. The molecule has 0 aliphatic heterocycles. The van der Waals surface area contributed by atoms with Crippen molar-refractivity contribution in [2.24, 2.45) is 0 Å². The van der Waals surface area contributed by atoms with Gasteiger partial charge in [0.1, 0.15) is 0 Å². The van der Waals surface area contributed by atoms with E-state index < -0.39 is 10.0 Å². The molecular weight excluding hydrogens is 454 g/mol. The summed E-state index contributed by atoms with van der Waals surface area (Å²) in [4.78, 5) is 23.3. The Balaban J connectivity index is 1.63. The quantitative estimate of drug-likeness (QED) is 0.331. The van der Waals surface area contributed by atoms with Gasteiger partial charge in [-0.05, 0) is 50.8 Å². The zero-order valence-electron chi connectivity index (χ0n) is 18.1. The van der Waals surface area contributed by atoms with Gasteiger partial charge in [-0.25, -0.2) is 22.6 Å². The molecule has 3 aromatic heterocycles. The van der Waals surface area contributed by atoms with Crippen molar-refractivity contribution in [1.29, 1.82) is 0 Å². The Hall–Kier alpha value is -1.82. The largest absolute Gasteiger partial charge is 0.292 e. The van der Waals surface area contributed by atoms with Crippen LogP contribution in [-0.4, -0.2) is 52.3 Å². The molecule has 0 aliphatic rings. The lowest BCUT2D eigenvalue weighted by molar-refractivity contribution is 0.102. The average Bonchev–Trinajstić information content (AvgIpc) is 3.32. The number of unbranched alkanes of at least 4 members (excludes halogenated alkanes) is 1. The van der Waals surface area contributed by atoms with E-state index in [0.29, 0.717) is 28.8 Å². The molecule has 0 saturated heterocycles. The van der Waals surface area contributed by atoms with Crippen LogP contribution in [0, 0.1) is 13.8 Å². The molecular formula is C20H27N5O3S3. The molecule has 0 saturated carbocycles. The molecule has 0 fully saturated rings. The SMILES string of the molecule is CCCCc1c(C)nc2nc(SCC(=O)c3ccc(CCNS(C)(=O)=O)s3)nn2c1C. The van der Waals surface area contributed by atoms with Gasteiger partial charge in [-0.3, -0.25) is 4.79 Å². The standard InChI is InChI=1S/C20H27N5O3S3/c1-5-6-7-16-13(2)22-19-23-20(24-25(19)14(16)3)29-12-17(26)18-9-8-15(30-18)10-11-21-31(4,27)28/h8-9,21H,5-7,10-12H2,1-4H3. The van der Waals surface area contributed by atoms with Crippen molar-refractivity contribution >= 4 is 44.7 Å². The van der Waals surface area contributed by atoms with Crippen LogP contribution in [0.15, 0.2) is 17.3 Å². The van der Waals surface area contributed by atoms with Crippen molar-refractivity contribution in [3.8, 4) is 0 Å². The minimum Gasteiger partial charge on any atom is -0.292 e. The Morgan fingerprint density at radius 1 is 1.23 bits per heavy atom. The van der Waals surface area contributed by atoms with Crippen LogP contribution in [0.4, 0.5) is 0 Å². The van der Waals surface area contributed by atoms with E-state index in [4.69, 9.17) is 0 Å². The fourth-order valence-corrected chi connectivity index (χ4v) is 5.40. The van der Waals surface area contributed by atoms with Gasteiger partial charge in [0.25, 0.3) is 5.78 Å². The Labute approximate surface area is 190 Å². The number of hydrogen-bond acceptors (Lipinski definition) is 8. The monoisotopic (exact) mass is 481 g/mol. The number of sulfonamides is 1. The van der Waals surface area contributed by atoms with E-state index in [1.165, 1.54) is 28.7 Å². The summed E-state index contributed by atoms with van der Waals surface area (Å²) in [7, 11) is -3.20. The molecule has 31 heavy (non-hydrogen) atoms. The molecule has 0 atom stereocenters. The van der Waals surface area contributed by atoms with Gasteiger partial charge < -0.3 is 0 Å². The number of carbonyl (C=O) groups excluding carboxylic acids is 1. The van der Waals surface area contributed by atoms with Crippen LogP contribution in [0.5, 0.6) is 0 Å². The molecule has 3 heterocycles. The van der Waals surface area contributed by atoms with Crippen molar-refractivity contribution in [2.75, 3.05) is 18.6 Å². The Morgan fingerprint density at radius 2 is 2.00 bits per heavy atom. The number of aryl methyl sites for hydroxylation is 2. The van der Waals surface area contributed by atoms with Gasteiger partial charge in [0.2, 0.25) is 15.2 Å². The van der Waals surface area contributed by atoms with Gasteiger partial charge in [0, 0.05) is 22.8 Å². The predicted molar refractivity (Wildman–Crippen MR) is 125 cm³/mol. The number of aromatic nitrogens is 4. The van der Waals surface area contributed by atoms with Crippen LogP contribution < -0.4 is 4.72 Å². The number of nitrogens with one attached hydrogen (secondary N) is 1. The Kier molecular flexibility index (Phi) is 7.84. The van der Waals surface area contributed by atoms with Crippen molar-refractivity contribution in [1.82, 2.24) is 24.3 Å². The number of carbonyl (C=O) groups is 1. The number of thiophene rings is 1. The first-order valence-electron chi connectivity index (χ1n) is 10.1. The summed E-state index contributed by atoms with van der Waals surface area (Å²) in [6, 6.07) is 3.65. The maximum absolute atomic E-state index is 12.6. The first-order chi connectivity index (χ1) is 14.7. The van der Waals surface area contributed by atoms with Gasteiger partial charge in [-0.1, -0.05) is 25.1 Å². The van der Waals surface area contributed by atoms with Gasteiger partial charge in [0.15, 0.2) is 5.78 Å². The van der Waals surface area contributed by atoms with Gasteiger partial charge in [0.05, 0.1) is 16.9 Å². The summed E-state index contributed by atoms with van der Waals surface area (Å²) >= 11 is 2.69. The summed E-state index contributed by atoms with van der Waals surface area (Å²) in [6.07, 6.45) is 4.88. The summed E-state index contributed by atoms with van der Waals surface area (Å²) in [5.41, 5.74) is 3.24. The van der Waals surface area contributed by atoms with E-state index in [1.54, 1.807) is 10.6 Å². The highest BCUT2D eigenvalue weighted by molar-refractivity contribution is 7.99. The highest BCUT2D eigenvalue weighted by Crippen LogP contribution is 2.23. The van der Waals surface area contributed by atoms with E-state index in [9.17, 15) is 13.2 Å². The molecule has 168 valence electrons. The third-order valence-electron chi connectivity index (χ3n) is 4.81. The van der Waals surface area contributed by atoms with E-state index >= 15 is 0 Å². The third-order valence-corrected chi connectivity index (χ3v) is 7.57. The number of ketones is 1. The molecule has 11 heteroatoms. The second-order valence-corrected chi connectivity index (χ2v) is 11.3. The maximum atomic E-state index is 12.6. The summed E-state index contributed by atoms with van der Waals surface area (Å²) in [5, 5.41) is 5.08. The average molecular weight is 482 g/mol. The van der Waals surface area contributed by atoms with E-state index in [-0.39, 0.29) is 11.5 Å². The van der Waals surface area contributed by atoms with Crippen LogP contribution in [0.2, 0.25) is 0 Å². The van der Waals surface area contributed by atoms with Crippen molar-refractivity contribution in [3.05, 3.63) is 38.8 Å². The fraction of sp³-hybridized carbons (Fsp3) is 0.500. The molecule has 0 bridgehead atoms. The summed E-state index contributed by atoms with van der Waals surface area (Å²) in [5.74, 6) is 0.793. The molecule has 0 amide bonds. The molecule has 3 aromatic rings. The lowest BCUT2D eigenvalue weighted by Crippen LogP contribution is -2.23. The first kappa shape index (κ1) is 23.8. The van der Waals surface area contributed by atoms with Crippen molar-refractivity contribution in [3.63, 3.8) is 0 Å². The van der Waals surface area contributed by atoms with Crippen molar-refractivity contribution in [2.45, 2.75) is 51.6 Å². The molecule has 0 radical (unpaired) electrons. The number of thioether (sulfide) groups is 1. The van der Waals surface area contributed by atoms with Crippen molar-refractivity contribution < 1.29 is 13.2 Å². The Bertz CT molecular complexity index is 1180. The number of fused-ring (bicyclic) bond motifs is 1. The summed E-state index contributed by atoms with van der Waals surface area (Å²) in [6.45, 7) is 6.52. The third kappa shape index (κ3) is 6.34. The highest BCUT2D eigenvalue weighted by Gasteiger charge is 2.16. The molecule has 1 N–H and O–H groups in total. The normalized spacial score (nSPS) is 12.0. The van der Waals surface area contributed by atoms with Gasteiger partial charge >= 0.3 is 0 Å². The maximum Gasteiger partial charge on any atom is 0.253 e. The molecule has 0 spiro atoms. The smallest absolute Gasteiger partial charge is 0.253 e. The highest BCUT2D eigenvalue weighted by atomic mass is 32.2. The molecule has 3 rings (SSSR count). The molecule has 0 aliphatic carbocycles. The molecule has 8 nitrogen and oxygen atoms in total. The minimum atomic E-state index is -3.20. The minimum absolute atomic E-state index is 0.000625. The van der Waals surface area contributed by atoms with Crippen LogP contribution in [-0.2, 0) is 22.9 Å². The second kappa shape index (κ2) is 10.2. The van der Waals surface area contributed by atoms with Gasteiger partial charge in [-0.2, -0.15) is 4.98 Å². The lowest BCUT2D eigenvalue weighted by atomic mass is 10.1. The van der Waals surface area contributed by atoms with Crippen LogP contribution >= 0.6 is 23.1 Å². The Morgan fingerprint density at radius 3 is 2.71 bits per heavy atom. The van der Waals surface area contributed by atoms with Crippen LogP contribution in [0.25, 0.3) is 5.78 Å². The zero-order chi connectivity index (χ0) is 22.6. The number of Topliss-reactive ketones (excluding diaryl/α,β-unsaturated/α-hetero) is 1. The molecule has 0 unspecified atom stereocenters. The number of rotatable bonds is 11. The van der Waals surface area contributed by atoms with Crippen LogP contribution in [0.1, 0.15) is 51.3 Å². The van der Waals surface area contributed by atoms with E-state index in [0.717, 1.165) is 41.8 Å². The van der Waals surface area contributed by atoms with Gasteiger partial charge in [-0.15, -0.1) is 16.4 Å². The predicted octanol–water partition coefficient (Wildman–Crippen LogP) is 3.21. The topological polar surface area (TPSA) is 106 Å². The summed E-state index contributed by atoms with van der Waals surface area (Å²) < 4.78 is 26.5. The first-order valence-corrected chi connectivity index (χ1v) is 13.8. The number of hydrogen-bond donors (Lipinski definition) is 1. The van der Waals surface area contributed by atoms with E-state index in [1.807, 2.05) is 19.9 Å². The molecule has 0 aromatic carbocycles. The van der Waals surface area contributed by atoms with E-state index in [2.05, 4.69) is 26.7 Å².